The van der Waals surface area contributed by atoms with Crippen molar-refractivity contribution in [3.05, 3.63) is 18.1 Å². The molecule has 7 nitrogen and oxygen atoms in total. The molecule has 2 aliphatic rings. The molecule has 1 unspecified atom stereocenters. The predicted octanol–water partition coefficient (Wildman–Crippen LogP) is 1.72. The van der Waals surface area contributed by atoms with Gasteiger partial charge in [-0.15, -0.1) is 0 Å². The van der Waals surface area contributed by atoms with Crippen molar-refractivity contribution in [1.82, 2.24) is 19.8 Å². The van der Waals surface area contributed by atoms with E-state index in [1.807, 2.05) is 4.90 Å². The zero-order valence-electron chi connectivity index (χ0n) is 13.7. The number of nitrogens with one attached hydrogen (secondary N) is 1. The highest BCUT2D eigenvalue weighted by atomic mass is 16.5. The van der Waals surface area contributed by atoms with Crippen molar-refractivity contribution < 1.29 is 9.53 Å². The molecule has 1 atom stereocenters. The zero-order chi connectivity index (χ0) is 16.1. The lowest BCUT2D eigenvalue weighted by Crippen LogP contribution is -2.44. The number of amides is 2. The third kappa shape index (κ3) is 4.17. The van der Waals surface area contributed by atoms with Crippen LogP contribution in [0.3, 0.4) is 0 Å². The first-order valence-corrected chi connectivity index (χ1v) is 8.36. The minimum absolute atomic E-state index is 0.0613. The van der Waals surface area contributed by atoms with Crippen molar-refractivity contribution in [2.45, 2.75) is 38.3 Å². The second-order valence-electron chi connectivity index (χ2n) is 6.25. The van der Waals surface area contributed by atoms with Crippen LogP contribution in [0.5, 0.6) is 0 Å². The smallest absolute Gasteiger partial charge is 0.323 e. The maximum atomic E-state index is 12.6. The van der Waals surface area contributed by atoms with Crippen LogP contribution in [0.15, 0.2) is 12.4 Å². The molecule has 2 aliphatic heterocycles. The van der Waals surface area contributed by atoms with Crippen molar-refractivity contribution in [2.75, 3.05) is 38.6 Å². The van der Waals surface area contributed by atoms with E-state index in [-0.39, 0.29) is 6.03 Å². The van der Waals surface area contributed by atoms with E-state index in [1.54, 1.807) is 13.2 Å². The maximum Gasteiger partial charge on any atom is 0.323 e. The van der Waals surface area contributed by atoms with E-state index in [1.165, 1.54) is 19.2 Å². The highest BCUT2D eigenvalue weighted by Crippen LogP contribution is 2.21. The van der Waals surface area contributed by atoms with Crippen molar-refractivity contribution in [3.8, 4) is 0 Å². The molecule has 0 saturated carbocycles. The molecule has 3 heterocycles. The summed E-state index contributed by atoms with van der Waals surface area (Å²) >= 11 is 0. The predicted molar refractivity (Wildman–Crippen MR) is 87.2 cm³/mol. The fourth-order valence-electron chi connectivity index (χ4n) is 3.43. The van der Waals surface area contributed by atoms with E-state index in [4.69, 9.17) is 4.74 Å². The Morgan fingerprint density at radius 2 is 2.13 bits per heavy atom. The van der Waals surface area contributed by atoms with Gasteiger partial charge in [-0.05, 0) is 38.8 Å². The molecule has 1 aromatic rings. The van der Waals surface area contributed by atoms with Crippen molar-refractivity contribution in [1.29, 1.82) is 0 Å². The van der Waals surface area contributed by atoms with Crippen LogP contribution in [-0.2, 0) is 11.3 Å². The molecule has 126 valence electrons. The molecule has 7 heteroatoms. The van der Waals surface area contributed by atoms with Crippen molar-refractivity contribution in [3.63, 3.8) is 0 Å². The number of carbonyl (C=O) groups excluding carboxylic acids is 1. The monoisotopic (exact) mass is 319 g/mol. The summed E-state index contributed by atoms with van der Waals surface area (Å²) in [7, 11) is 1.62. The summed E-state index contributed by atoms with van der Waals surface area (Å²) in [6.45, 7) is 4.55. The summed E-state index contributed by atoms with van der Waals surface area (Å²) in [6.07, 6.45) is 6.17. The summed E-state index contributed by atoms with van der Waals surface area (Å²) in [4.78, 5) is 25.2. The number of hydrogen-bond acceptors (Lipinski definition) is 5. The number of carbonyl (C=O) groups is 1. The number of rotatable bonds is 5. The highest BCUT2D eigenvalue weighted by molar-refractivity contribution is 5.88. The SMILES string of the molecule is COCc1cc(NC(=O)N2CCCC2CN2CCCC2)ncn1. The van der Waals surface area contributed by atoms with E-state index in [2.05, 4.69) is 20.2 Å². The molecule has 2 fully saturated rings. The normalized spacial score (nSPS) is 21.8. The molecule has 1 aromatic heterocycles. The fourth-order valence-corrected chi connectivity index (χ4v) is 3.43. The number of anilines is 1. The topological polar surface area (TPSA) is 70.6 Å². The minimum Gasteiger partial charge on any atom is -0.378 e. The first kappa shape index (κ1) is 16.1. The summed E-state index contributed by atoms with van der Waals surface area (Å²) in [5, 5.41) is 2.90. The lowest BCUT2D eigenvalue weighted by atomic mass is 10.2. The molecule has 1 N–H and O–H groups in total. The average Bonchev–Trinajstić information content (AvgIpc) is 3.20. The van der Waals surface area contributed by atoms with Gasteiger partial charge in [-0.3, -0.25) is 5.32 Å². The molecule has 0 aliphatic carbocycles. The zero-order valence-corrected chi connectivity index (χ0v) is 13.7. The van der Waals surface area contributed by atoms with E-state index in [0.29, 0.717) is 18.5 Å². The van der Waals surface area contributed by atoms with E-state index in [0.717, 1.165) is 44.7 Å². The molecule has 3 rings (SSSR count). The number of hydrogen-bond donors (Lipinski definition) is 1. The van der Waals surface area contributed by atoms with Gasteiger partial charge in [0.1, 0.15) is 12.1 Å². The van der Waals surface area contributed by atoms with Crippen LogP contribution >= 0.6 is 0 Å². The number of aromatic nitrogens is 2. The lowest BCUT2D eigenvalue weighted by molar-refractivity contribution is 0.181. The molecular weight excluding hydrogens is 294 g/mol. The van der Waals surface area contributed by atoms with Crippen LogP contribution < -0.4 is 5.32 Å². The molecule has 2 saturated heterocycles. The van der Waals surface area contributed by atoms with Crippen LogP contribution in [0, 0.1) is 0 Å². The van der Waals surface area contributed by atoms with Crippen LogP contribution in [0.25, 0.3) is 0 Å². The summed E-state index contributed by atoms with van der Waals surface area (Å²) in [6, 6.07) is 2.01. The Labute approximate surface area is 137 Å². The van der Waals surface area contributed by atoms with Crippen LogP contribution in [0.4, 0.5) is 10.6 Å². The van der Waals surface area contributed by atoms with Crippen LogP contribution in [0.1, 0.15) is 31.4 Å². The number of methoxy groups -OCH3 is 1. The molecular formula is C16H25N5O2. The van der Waals surface area contributed by atoms with Gasteiger partial charge < -0.3 is 14.5 Å². The Morgan fingerprint density at radius 1 is 1.30 bits per heavy atom. The Balaban J connectivity index is 1.59. The minimum atomic E-state index is -0.0613. The van der Waals surface area contributed by atoms with Gasteiger partial charge in [0.05, 0.1) is 12.3 Å². The van der Waals surface area contributed by atoms with Gasteiger partial charge in [-0.2, -0.15) is 0 Å². The fraction of sp³-hybridized carbons (Fsp3) is 0.688. The summed E-state index contributed by atoms with van der Waals surface area (Å²) < 4.78 is 5.06. The van der Waals surface area contributed by atoms with Crippen molar-refractivity contribution in [2.24, 2.45) is 0 Å². The number of urea groups is 1. The number of ether oxygens (including phenoxy) is 1. The Bertz CT molecular complexity index is 533. The highest BCUT2D eigenvalue weighted by Gasteiger charge is 2.31. The molecule has 23 heavy (non-hydrogen) atoms. The van der Waals surface area contributed by atoms with E-state index in [9.17, 15) is 4.79 Å². The first-order chi connectivity index (χ1) is 11.3. The molecule has 0 radical (unpaired) electrons. The third-order valence-corrected chi connectivity index (χ3v) is 4.56. The second-order valence-corrected chi connectivity index (χ2v) is 6.25. The van der Waals surface area contributed by atoms with Gasteiger partial charge in [-0.25, -0.2) is 14.8 Å². The molecule has 0 bridgehead atoms. The van der Waals surface area contributed by atoms with E-state index >= 15 is 0 Å². The number of likely N-dealkylation sites (tertiary alicyclic amines) is 2. The quantitative estimate of drug-likeness (QED) is 0.895. The largest absolute Gasteiger partial charge is 0.378 e. The van der Waals surface area contributed by atoms with Gasteiger partial charge in [0.25, 0.3) is 0 Å². The summed E-state index contributed by atoms with van der Waals surface area (Å²) in [5.41, 5.74) is 0.757. The first-order valence-electron chi connectivity index (χ1n) is 8.36. The second kappa shape index (κ2) is 7.70. The standard InChI is InChI=1S/C16H25N5O2/c1-23-11-13-9-15(18-12-17-13)19-16(22)21-8-4-5-14(21)10-20-6-2-3-7-20/h9,12,14H,2-8,10-11H2,1H3,(H,17,18,19,22). The Kier molecular flexibility index (Phi) is 5.40. The molecule has 0 aromatic carbocycles. The molecule has 0 spiro atoms. The lowest BCUT2D eigenvalue weighted by Gasteiger charge is -2.28. The van der Waals surface area contributed by atoms with Gasteiger partial charge in [0.15, 0.2) is 0 Å². The average molecular weight is 319 g/mol. The number of nitrogens with zero attached hydrogens (tertiary/aromatic N) is 4. The van der Waals surface area contributed by atoms with Gasteiger partial charge in [-0.1, -0.05) is 0 Å². The van der Waals surface area contributed by atoms with Gasteiger partial charge >= 0.3 is 6.03 Å². The molecule has 2 amide bonds. The van der Waals surface area contributed by atoms with Gasteiger partial charge in [0, 0.05) is 32.3 Å². The van der Waals surface area contributed by atoms with E-state index < -0.39 is 0 Å². The van der Waals surface area contributed by atoms with Crippen LogP contribution in [-0.4, -0.2) is 65.1 Å². The summed E-state index contributed by atoms with van der Waals surface area (Å²) in [5.74, 6) is 0.531. The van der Waals surface area contributed by atoms with Gasteiger partial charge in [0.2, 0.25) is 0 Å². The third-order valence-electron chi connectivity index (χ3n) is 4.56. The van der Waals surface area contributed by atoms with Crippen molar-refractivity contribution >= 4 is 11.8 Å². The van der Waals surface area contributed by atoms with Crippen LogP contribution in [0.2, 0.25) is 0 Å². The Hall–Kier alpha value is -1.73. The Morgan fingerprint density at radius 3 is 2.91 bits per heavy atom. The maximum absolute atomic E-state index is 12.6.